The van der Waals surface area contributed by atoms with Crippen molar-refractivity contribution < 1.29 is 0 Å². The van der Waals surface area contributed by atoms with Crippen LogP contribution in [-0.4, -0.2) is 15.0 Å². The predicted octanol–water partition coefficient (Wildman–Crippen LogP) is 14.1. The SMILES string of the molecule is CC1CC2CC(C)C3(c4cc(-c5ccc(-c6cccc(C#N)c6)cc5)ccc4-c4ccc(-c5cccc(-c6nc(-c7ccccc7)nc(-c7ccccc7)n6)c5)cc43)C(C1)C2. The van der Waals surface area contributed by atoms with Gasteiger partial charge in [-0.3, -0.25) is 0 Å². The number of nitriles is 1. The second-order valence-electron chi connectivity index (χ2n) is 17.8. The van der Waals surface area contributed by atoms with E-state index < -0.39 is 0 Å². The molecular formula is C57H46N4. The third kappa shape index (κ3) is 6.39. The third-order valence-corrected chi connectivity index (χ3v) is 14.1. The van der Waals surface area contributed by atoms with E-state index in [9.17, 15) is 5.26 Å². The van der Waals surface area contributed by atoms with Crippen molar-refractivity contribution in [1.29, 1.82) is 5.26 Å². The molecule has 0 N–H and O–H groups in total. The van der Waals surface area contributed by atoms with Gasteiger partial charge in [0.05, 0.1) is 11.6 Å². The number of hydrogen-bond donors (Lipinski definition) is 0. The van der Waals surface area contributed by atoms with E-state index in [2.05, 4.69) is 135 Å². The summed E-state index contributed by atoms with van der Waals surface area (Å²) in [6.45, 7) is 5.03. The Hall–Kier alpha value is -6.96. The van der Waals surface area contributed by atoms with Crippen LogP contribution in [0.5, 0.6) is 0 Å². The minimum atomic E-state index is -0.0689. The Bertz CT molecular complexity index is 2920. The minimum Gasteiger partial charge on any atom is -0.208 e. The lowest BCUT2D eigenvalue weighted by molar-refractivity contribution is 0.0426. The summed E-state index contributed by atoms with van der Waals surface area (Å²) in [6.07, 6.45) is 5.16. The largest absolute Gasteiger partial charge is 0.208 e. The van der Waals surface area contributed by atoms with Gasteiger partial charge in [-0.1, -0.05) is 153 Å². The number of nitrogens with zero attached hydrogens (tertiary/aromatic N) is 4. The average molecular weight is 787 g/mol. The average Bonchev–Trinajstić information content (AvgIpc) is 3.61. The molecule has 2 bridgehead atoms. The number of fused-ring (bicyclic) bond motifs is 8. The van der Waals surface area contributed by atoms with Crippen LogP contribution in [-0.2, 0) is 5.41 Å². The molecule has 3 aliphatic rings. The maximum absolute atomic E-state index is 9.49. The Morgan fingerprint density at radius 1 is 0.443 bits per heavy atom. The zero-order chi connectivity index (χ0) is 41.1. The first-order valence-electron chi connectivity index (χ1n) is 21.8. The van der Waals surface area contributed by atoms with E-state index in [1.54, 1.807) is 0 Å². The summed E-state index contributed by atoms with van der Waals surface area (Å²) in [7, 11) is 0. The molecule has 7 aromatic carbocycles. The number of benzene rings is 7. The Kier molecular flexibility index (Phi) is 9.08. The third-order valence-electron chi connectivity index (χ3n) is 14.1. The molecule has 1 spiro atoms. The van der Waals surface area contributed by atoms with E-state index in [4.69, 9.17) is 15.0 Å². The molecule has 11 rings (SSSR count). The summed E-state index contributed by atoms with van der Waals surface area (Å²) in [4.78, 5) is 15.1. The molecule has 4 nitrogen and oxygen atoms in total. The van der Waals surface area contributed by atoms with Gasteiger partial charge in [-0.05, 0) is 135 Å². The maximum atomic E-state index is 9.49. The van der Waals surface area contributed by atoms with Gasteiger partial charge < -0.3 is 0 Å². The molecule has 2 saturated carbocycles. The maximum Gasteiger partial charge on any atom is 0.164 e. The molecule has 1 aromatic heterocycles. The van der Waals surface area contributed by atoms with Crippen LogP contribution in [0.25, 0.3) is 78.7 Å². The van der Waals surface area contributed by atoms with Crippen LogP contribution in [0.1, 0.15) is 56.2 Å². The van der Waals surface area contributed by atoms with Crippen LogP contribution in [0, 0.1) is 35.0 Å². The fraction of sp³-hybridized carbons (Fsp3) is 0.193. The van der Waals surface area contributed by atoms with Crippen molar-refractivity contribution in [2.24, 2.45) is 23.7 Å². The summed E-state index contributed by atoms with van der Waals surface area (Å²) in [5.74, 6) is 4.59. The minimum absolute atomic E-state index is 0.0689. The quantitative estimate of drug-likeness (QED) is 0.168. The lowest BCUT2D eigenvalue weighted by Crippen LogP contribution is -2.49. The number of rotatable bonds is 6. The fourth-order valence-electron chi connectivity index (χ4n) is 11.5. The van der Waals surface area contributed by atoms with Crippen molar-refractivity contribution >= 4 is 0 Å². The lowest BCUT2D eigenvalue weighted by Gasteiger charge is -2.54. The highest BCUT2D eigenvalue weighted by Crippen LogP contribution is 2.65. The Morgan fingerprint density at radius 2 is 0.918 bits per heavy atom. The topological polar surface area (TPSA) is 62.5 Å². The molecule has 4 heteroatoms. The van der Waals surface area contributed by atoms with E-state index in [-0.39, 0.29) is 5.41 Å². The fourth-order valence-corrected chi connectivity index (χ4v) is 11.5. The van der Waals surface area contributed by atoms with Crippen LogP contribution < -0.4 is 0 Å². The first kappa shape index (κ1) is 37.1. The van der Waals surface area contributed by atoms with Gasteiger partial charge in [0.2, 0.25) is 0 Å². The first-order valence-corrected chi connectivity index (χ1v) is 21.8. The molecule has 2 fully saturated rings. The standard InChI is InChI=1S/C57H46N4/c1-36-27-39-29-37(2)57(49(28-36)31-39)52-33-46(41-21-19-40(20-22-41)44-16-9-11-38(30-44)35-58)23-25-50(52)51-26-24-47(34-53(51)57)45-17-10-18-48(32-45)56-60-54(42-12-5-3-6-13-42)59-55(61-56)43-14-7-4-8-15-43/h3-26,30,32-34,36-37,39,49H,27-29,31H2,1-2H3. The molecule has 3 aliphatic carbocycles. The molecule has 0 saturated heterocycles. The molecule has 5 atom stereocenters. The predicted molar refractivity (Wildman–Crippen MR) is 247 cm³/mol. The highest BCUT2D eigenvalue weighted by molar-refractivity contribution is 5.87. The van der Waals surface area contributed by atoms with Crippen molar-refractivity contribution in [2.45, 2.75) is 44.9 Å². The van der Waals surface area contributed by atoms with Crippen molar-refractivity contribution in [3.63, 3.8) is 0 Å². The molecule has 0 radical (unpaired) electrons. The van der Waals surface area contributed by atoms with Crippen molar-refractivity contribution in [2.75, 3.05) is 0 Å². The van der Waals surface area contributed by atoms with Crippen LogP contribution in [0.15, 0.2) is 170 Å². The number of aromatic nitrogens is 3. The van der Waals surface area contributed by atoms with E-state index >= 15 is 0 Å². The van der Waals surface area contributed by atoms with Crippen LogP contribution in [0.4, 0.5) is 0 Å². The lowest BCUT2D eigenvalue weighted by atomic mass is 9.49. The van der Waals surface area contributed by atoms with E-state index in [0.29, 0.717) is 34.9 Å². The van der Waals surface area contributed by atoms with Gasteiger partial charge in [0.1, 0.15) is 0 Å². The summed E-state index contributed by atoms with van der Waals surface area (Å²) >= 11 is 0. The second-order valence-corrected chi connectivity index (χ2v) is 17.8. The van der Waals surface area contributed by atoms with Gasteiger partial charge in [0.25, 0.3) is 0 Å². The van der Waals surface area contributed by atoms with Gasteiger partial charge >= 0.3 is 0 Å². The molecule has 8 aromatic rings. The first-order chi connectivity index (χ1) is 29.9. The van der Waals surface area contributed by atoms with Crippen molar-refractivity contribution in [3.05, 3.63) is 187 Å². The molecule has 1 heterocycles. The van der Waals surface area contributed by atoms with E-state index in [1.807, 2.05) is 54.6 Å². The zero-order valence-electron chi connectivity index (χ0n) is 34.6. The van der Waals surface area contributed by atoms with Gasteiger partial charge in [0.15, 0.2) is 17.5 Å². The Morgan fingerprint density at radius 3 is 1.51 bits per heavy atom. The van der Waals surface area contributed by atoms with Gasteiger partial charge in [-0.2, -0.15) is 5.26 Å². The zero-order valence-corrected chi connectivity index (χ0v) is 34.6. The van der Waals surface area contributed by atoms with Gasteiger partial charge in [0, 0.05) is 22.1 Å². The van der Waals surface area contributed by atoms with E-state index in [0.717, 1.165) is 45.2 Å². The van der Waals surface area contributed by atoms with E-state index in [1.165, 1.54) is 64.6 Å². The summed E-state index contributed by atoms with van der Waals surface area (Å²) in [5, 5.41) is 9.49. The number of hydrogen-bond acceptors (Lipinski definition) is 4. The van der Waals surface area contributed by atoms with Crippen molar-refractivity contribution in [3.8, 4) is 84.7 Å². The Balaban J connectivity index is 1.01. The molecular weight excluding hydrogens is 741 g/mol. The van der Waals surface area contributed by atoms with Crippen LogP contribution in [0.3, 0.4) is 0 Å². The van der Waals surface area contributed by atoms with Crippen LogP contribution in [0.2, 0.25) is 0 Å². The Labute approximate surface area is 358 Å². The van der Waals surface area contributed by atoms with Crippen molar-refractivity contribution in [1.82, 2.24) is 15.0 Å². The summed E-state index contributed by atoms with van der Waals surface area (Å²) in [5.41, 5.74) is 16.3. The second kappa shape index (κ2) is 14.9. The highest BCUT2D eigenvalue weighted by Gasteiger charge is 2.56. The van der Waals surface area contributed by atoms with Crippen LogP contribution >= 0.6 is 0 Å². The molecule has 5 unspecified atom stereocenters. The highest BCUT2D eigenvalue weighted by atomic mass is 15.0. The smallest absolute Gasteiger partial charge is 0.164 e. The molecule has 0 aliphatic heterocycles. The molecule has 294 valence electrons. The summed E-state index contributed by atoms with van der Waals surface area (Å²) in [6, 6.07) is 62.7. The monoisotopic (exact) mass is 786 g/mol. The van der Waals surface area contributed by atoms with Gasteiger partial charge in [-0.25, -0.2) is 15.0 Å². The van der Waals surface area contributed by atoms with Gasteiger partial charge in [-0.15, -0.1) is 0 Å². The molecule has 61 heavy (non-hydrogen) atoms. The normalized spacial score (nSPS) is 21.1. The molecule has 0 amide bonds. The summed E-state index contributed by atoms with van der Waals surface area (Å²) < 4.78 is 0.